The van der Waals surface area contributed by atoms with Crippen molar-refractivity contribution in [1.82, 2.24) is 10.3 Å². The number of hydrogen-bond acceptors (Lipinski definition) is 5. The van der Waals surface area contributed by atoms with E-state index in [1.165, 1.54) is 12.1 Å². The summed E-state index contributed by atoms with van der Waals surface area (Å²) < 4.78 is 24.3. The number of ether oxygens (including phenoxy) is 1. The summed E-state index contributed by atoms with van der Waals surface area (Å²) >= 11 is 0. The van der Waals surface area contributed by atoms with Crippen molar-refractivity contribution in [3.8, 4) is 0 Å². The smallest absolute Gasteiger partial charge is 0.298 e. The van der Waals surface area contributed by atoms with Crippen LogP contribution in [-0.2, 0) is 9.53 Å². The van der Waals surface area contributed by atoms with Crippen molar-refractivity contribution in [2.24, 2.45) is 5.92 Å². The monoisotopic (exact) mass is 347 g/mol. The number of nitrogens with one attached hydrogen (secondary N) is 1. The maximum atomic E-state index is 13.3. The summed E-state index contributed by atoms with van der Waals surface area (Å²) in [7, 11) is 0. The normalized spacial score (nSPS) is 20.1. The van der Waals surface area contributed by atoms with Gasteiger partial charge in [0.15, 0.2) is 5.58 Å². The van der Waals surface area contributed by atoms with Gasteiger partial charge in [0.25, 0.3) is 6.01 Å². The third kappa shape index (κ3) is 3.61. The van der Waals surface area contributed by atoms with Gasteiger partial charge in [-0.1, -0.05) is 0 Å². The summed E-state index contributed by atoms with van der Waals surface area (Å²) in [5.41, 5.74) is 1.10. The number of hydrogen-bond donors (Lipinski definition) is 1. The number of oxazole rings is 1. The molecule has 0 aliphatic carbocycles. The lowest BCUT2D eigenvalue weighted by molar-refractivity contribution is -0.126. The van der Waals surface area contributed by atoms with Gasteiger partial charge < -0.3 is 19.4 Å². The van der Waals surface area contributed by atoms with E-state index in [2.05, 4.69) is 10.3 Å². The van der Waals surface area contributed by atoms with Crippen LogP contribution in [0, 0.1) is 11.7 Å². The highest BCUT2D eigenvalue weighted by Gasteiger charge is 2.28. The molecule has 2 fully saturated rings. The first-order valence-corrected chi connectivity index (χ1v) is 8.88. The van der Waals surface area contributed by atoms with Crippen molar-refractivity contribution < 1.29 is 18.3 Å². The van der Waals surface area contributed by atoms with E-state index >= 15 is 0 Å². The summed E-state index contributed by atoms with van der Waals surface area (Å²) in [5.74, 6) is -0.161. The highest BCUT2D eigenvalue weighted by molar-refractivity contribution is 5.79. The number of amides is 1. The highest BCUT2D eigenvalue weighted by atomic mass is 19.1. The van der Waals surface area contributed by atoms with Crippen LogP contribution in [0.1, 0.15) is 25.7 Å². The summed E-state index contributed by atoms with van der Waals surface area (Å²) in [6.45, 7) is 2.87. The standard InChI is InChI=1S/C18H22FN3O3/c19-13-1-2-15-16(11-13)25-18(21-15)22-7-3-12(4-8-22)17(23)20-14-5-9-24-10-6-14/h1-2,11-12,14H,3-10H2,(H,20,23). The number of fused-ring (bicyclic) bond motifs is 1. The number of halogens is 1. The molecule has 25 heavy (non-hydrogen) atoms. The van der Waals surface area contributed by atoms with Crippen molar-refractivity contribution in [2.75, 3.05) is 31.2 Å². The van der Waals surface area contributed by atoms with Crippen LogP contribution in [0.25, 0.3) is 11.1 Å². The molecular formula is C18H22FN3O3. The van der Waals surface area contributed by atoms with Crippen LogP contribution in [0.4, 0.5) is 10.4 Å². The molecule has 2 aromatic rings. The molecule has 0 spiro atoms. The predicted octanol–water partition coefficient (Wildman–Crippen LogP) is 2.48. The van der Waals surface area contributed by atoms with Gasteiger partial charge in [0.2, 0.25) is 5.91 Å². The van der Waals surface area contributed by atoms with Crippen LogP contribution in [0.3, 0.4) is 0 Å². The van der Waals surface area contributed by atoms with Gasteiger partial charge in [-0.25, -0.2) is 4.39 Å². The molecule has 0 unspecified atom stereocenters. The number of nitrogens with zero attached hydrogens (tertiary/aromatic N) is 2. The zero-order valence-corrected chi connectivity index (χ0v) is 14.0. The van der Waals surface area contributed by atoms with Gasteiger partial charge in [-0.05, 0) is 37.8 Å². The van der Waals surface area contributed by atoms with Gasteiger partial charge in [-0.3, -0.25) is 4.79 Å². The number of piperidine rings is 1. The molecule has 0 saturated carbocycles. The molecular weight excluding hydrogens is 325 g/mol. The molecule has 1 amide bonds. The second kappa shape index (κ2) is 7.00. The van der Waals surface area contributed by atoms with E-state index in [0.717, 1.165) is 38.9 Å². The second-order valence-corrected chi connectivity index (χ2v) is 6.77. The Morgan fingerprint density at radius 2 is 1.96 bits per heavy atom. The summed E-state index contributed by atoms with van der Waals surface area (Å²) in [6, 6.07) is 5.09. The highest BCUT2D eigenvalue weighted by Crippen LogP contribution is 2.27. The minimum Gasteiger partial charge on any atom is -0.423 e. The van der Waals surface area contributed by atoms with Crippen LogP contribution in [0.5, 0.6) is 0 Å². The Labute approximate surface area is 145 Å². The summed E-state index contributed by atoms with van der Waals surface area (Å²) in [5, 5.41) is 3.15. The Bertz CT molecular complexity index is 749. The van der Waals surface area contributed by atoms with E-state index in [1.54, 1.807) is 6.07 Å². The number of anilines is 1. The van der Waals surface area contributed by atoms with Crippen LogP contribution in [-0.4, -0.2) is 43.2 Å². The summed E-state index contributed by atoms with van der Waals surface area (Å²) in [6.07, 6.45) is 3.32. The van der Waals surface area contributed by atoms with Gasteiger partial charge in [0.1, 0.15) is 11.3 Å². The van der Waals surface area contributed by atoms with E-state index in [4.69, 9.17) is 9.15 Å². The predicted molar refractivity (Wildman–Crippen MR) is 90.9 cm³/mol. The Morgan fingerprint density at radius 3 is 2.72 bits per heavy atom. The van der Waals surface area contributed by atoms with E-state index in [-0.39, 0.29) is 23.7 Å². The lowest BCUT2D eigenvalue weighted by Crippen LogP contribution is -2.45. The number of rotatable bonds is 3. The average molecular weight is 347 g/mol. The van der Waals surface area contributed by atoms with E-state index in [9.17, 15) is 9.18 Å². The topological polar surface area (TPSA) is 67.6 Å². The Hall–Kier alpha value is -2.15. The third-order valence-electron chi connectivity index (χ3n) is 5.04. The zero-order valence-electron chi connectivity index (χ0n) is 14.0. The first-order valence-electron chi connectivity index (χ1n) is 8.88. The van der Waals surface area contributed by atoms with E-state index in [1.807, 2.05) is 4.90 Å². The molecule has 2 saturated heterocycles. The molecule has 0 bridgehead atoms. The quantitative estimate of drug-likeness (QED) is 0.924. The van der Waals surface area contributed by atoms with Crippen molar-refractivity contribution in [1.29, 1.82) is 0 Å². The molecule has 134 valence electrons. The Morgan fingerprint density at radius 1 is 1.20 bits per heavy atom. The molecule has 0 radical (unpaired) electrons. The molecule has 1 aromatic heterocycles. The number of aromatic nitrogens is 1. The lowest BCUT2D eigenvalue weighted by atomic mass is 9.95. The Balaban J connectivity index is 1.34. The fourth-order valence-corrected chi connectivity index (χ4v) is 3.52. The van der Waals surface area contributed by atoms with Gasteiger partial charge in [-0.2, -0.15) is 4.98 Å². The van der Waals surface area contributed by atoms with Crippen molar-refractivity contribution in [2.45, 2.75) is 31.7 Å². The number of benzene rings is 1. The molecule has 0 atom stereocenters. The molecule has 2 aliphatic rings. The molecule has 6 nitrogen and oxygen atoms in total. The fraction of sp³-hybridized carbons (Fsp3) is 0.556. The van der Waals surface area contributed by atoms with Crippen LogP contribution in [0.2, 0.25) is 0 Å². The maximum Gasteiger partial charge on any atom is 0.298 e. The van der Waals surface area contributed by atoms with Crippen molar-refractivity contribution in [3.63, 3.8) is 0 Å². The van der Waals surface area contributed by atoms with Crippen molar-refractivity contribution in [3.05, 3.63) is 24.0 Å². The van der Waals surface area contributed by atoms with Crippen LogP contribution < -0.4 is 10.2 Å². The van der Waals surface area contributed by atoms with Crippen LogP contribution in [0.15, 0.2) is 22.6 Å². The minimum absolute atomic E-state index is 0.0286. The van der Waals surface area contributed by atoms with Gasteiger partial charge >= 0.3 is 0 Å². The fourth-order valence-electron chi connectivity index (χ4n) is 3.52. The molecule has 1 N–H and O–H groups in total. The molecule has 4 rings (SSSR count). The van der Waals surface area contributed by atoms with Gasteiger partial charge in [0, 0.05) is 44.3 Å². The second-order valence-electron chi connectivity index (χ2n) is 6.77. The molecule has 1 aromatic carbocycles. The lowest BCUT2D eigenvalue weighted by Gasteiger charge is -2.31. The van der Waals surface area contributed by atoms with Gasteiger partial charge in [-0.15, -0.1) is 0 Å². The number of carbonyl (C=O) groups excluding carboxylic acids is 1. The zero-order chi connectivity index (χ0) is 17.2. The minimum atomic E-state index is -0.335. The third-order valence-corrected chi connectivity index (χ3v) is 5.04. The first kappa shape index (κ1) is 16.3. The maximum absolute atomic E-state index is 13.3. The van der Waals surface area contributed by atoms with Crippen LogP contribution >= 0.6 is 0 Å². The molecule has 7 heteroatoms. The Kier molecular flexibility index (Phi) is 4.57. The SMILES string of the molecule is O=C(NC1CCOCC1)C1CCN(c2nc3ccc(F)cc3o2)CC1. The largest absolute Gasteiger partial charge is 0.423 e. The first-order chi connectivity index (χ1) is 12.2. The van der Waals surface area contributed by atoms with E-state index in [0.29, 0.717) is 30.2 Å². The van der Waals surface area contributed by atoms with Gasteiger partial charge in [0.05, 0.1) is 0 Å². The summed E-state index contributed by atoms with van der Waals surface area (Å²) in [4.78, 5) is 18.9. The van der Waals surface area contributed by atoms with Crippen molar-refractivity contribution >= 4 is 23.0 Å². The van der Waals surface area contributed by atoms with E-state index < -0.39 is 0 Å². The molecule has 3 heterocycles. The molecule has 2 aliphatic heterocycles. The average Bonchev–Trinajstić information content (AvgIpc) is 3.06. The number of carbonyl (C=O) groups is 1.